The van der Waals surface area contributed by atoms with E-state index < -0.39 is 29.0 Å². The Balaban J connectivity index is 2.20. The molecule has 27 heavy (non-hydrogen) atoms. The Kier molecular flexibility index (Phi) is 6.35. The number of rotatable bonds is 3. The van der Waals surface area contributed by atoms with Crippen molar-refractivity contribution in [2.24, 2.45) is 5.41 Å². The quantitative estimate of drug-likeness (QED) is 0.813. The molecule has 1 aromatic rings. The zero-order chi connectivity index (χ0) is 20.4. The Morgan fingerprint density at radius 3 is 2.52 bits per heavy atom. The lowest BCUT2D eigenvalue weighted by atomic mass is 9.72. The van der Waals surface area contributed by atoms with Gasteiger partial charge in [-0.1, -0.05) is 17.7 Å². The molecule has 148 valence electrons. The minimum absolute atomic E-state index is 0.0382. The first kappa shape index (κ1) is 21.4. The second kappa shape index (κ2) is 8.01. The Bertz CT molecular complexity index is 749. The summed E-state index contributed by atoms with van der Waals surface area (Å²) in [5.41, 5.74) is -2.08. The average Bonchev–Trinajstić information content (AvgIpc) is 2.60. The first-order valence-electron chi connectivity index (χ1n) is 8.69. The lowest BCUT2D eigenvalue weighted by Gasteiger charge is -2.43. The number of likely N-dealkylation sites (tertiary alicyclic amines) is 1. The zero-order valence-electron chi connectivity index (χ0n) is 15.6. The van der Waals surface area contributed by atoms with E-state index in [1.807, 2.05) is 0 Å². The van der Waals surface area contributed by atoms with Crippen LogP contribution in [-0.4, -0.2) is 46.5 Å². The maximum Gasteiger partial charge on any atom is 0.410 e. The fourth-order valence-electron chi connectivity index (χ4n) is 3.19. The van der Waals surface area contributed by atoms with E-state index in [2.05, 4.69) is 0 Å². The molecule has 0 radical (unpaired) electrons. The van der Waals surface area contributed by atoms with Crippen LogP contribution in [0.2, 0.25) is 5.02 Å². The van der Waals surface area contributed by atoms with E-state index in [4.69, 9.17) is 21.6 Å². The van der Waals surface area contributed by atoms with Crippen LogP contribution >= 0.6 is 11.6 Å². The lowest BCUT2D eigenvalue weighted by Crippen LogP contribution is -2.48. The van der Waals surface area contributed by atoms with Crippen LogP contribution in [0.1, 0.15) is 50.8 Å². The number of benzene rings is 1. The molecule has 1 atom stereocenters. The Morgan fingerprint density at radius 1 is 1.44 bits per heavy atom. The summed E-state index contributed by atoms with van der Waals surface area (Å²) in [6, 6.07) is 4.36. The van der Waals surface area contributed by atoms with Crippen LogP contribution in [0.15, 0.2) is 12.1 Å². The Morgan fingerprint density at radius 2 is 2.04 bits per heavy atom. The van der Waals surface area contributed by atoms with Crippen LogP contribution in [0.5, 0.6) is 0 Å². The summed E-state index contributed by atoms with van der Waals surface area (Å²) in [5.74, 6) is -0.889. The van der Waals surface area contributed by atoms with Crippen LogP contribution in [0.25, 0.3) is 0 Å². The molecule has 0 aliphatic carbocycles. The van der Waals surface area contributed by atoms with Gasteiger partial charge in [0.15, 0.2) is 0 Å². The van der Waals surface area contributed by atoms with Gasteiger partial charge in [-0.05, 0) is 39.7 Å². The second-order valence-electron chi connectivity index (χ2n) is 7.83. The highest BCUT2D eigenvalue weighted by Gasteiger charge is 2.44. The van der Waals surface area contributed by atoms with E-state index in [0.29, 0.717) is 0 Å². The van der Waals surface area contributed by atoms with Gasteiger partial charge in [-0.3, -0.25) is 0 Å². The number of aliphatic hydroxyl groups is 2. The first-order valence-corrected chi connectivity index (χ1v) is 9.07. The number of hydrogen-bond acceptors (Lipinski definition) is 5. The summed E-state index contributed by atoms with van der Waals surface area (Å²) in [6.07, 6.45) is -1.29. The molecule has 2 N–H and O–H groups in total. The molecule has 1 saturated heterocycles. The van der Waals surface area contributed by atoms with Gasteiger partial charge in [-0.2, -0.15) is 5.26 Å². The fraction of sp³-hybridized carbons (Fsp3) is 0.579. The largest absolute Gasteiger partial charge is 0.444 e. The van der Waals surface area contributed by atoms with Crippen molar-refractivity contribution < 1.29 is 24.1 Å². The van der Waals surface area contributed by atoms with E-state index >= 15 is 0 Å². The molecule has 6 nitrogen and oxygen atoms in total. The topological polar surface area (TPSA) is 93.8 Å². The zero-order valence-corrected chi connectivity index (χ0v) is 16.4. The van der Waals surface area contributed by atoms with Crippen LogP contribution < -0.4 is 0 Å². The third-order valence-corrected chi connectivity index (χ3v) is 5.15. The van der Waals surface area contributed by atoms with Crippen molar-refractivity contribution in [3.05, 3.63) is 34.1 Å². The molecule has 0 spiro atoms. The molecule has 2 rings (SSSR count). The molecule has 0 saturated carbocycles. The molecule has 1 aliphatic rings. The van der Waals surface area contributed by atoms with Crippen LogP contribution in [0.4, 0.5) is 9.18 Å². The molecule has 1 amide bonds. The molecule has 1 heterocycles. The van der Waals surface area contributed by atoms with Gasteiger partial charge in [0, 0.05) is 24.1 Å². The van der Waals surface area contributed by atoms with Crippen LogP contribution in [-0.2, 0) is 4.74 Å². The summed E-state index contributed by atoms with van der Waals surface area (Å²) in [4.78, 5) is 13.7. The molecule has 0 bridgehead atoms. The van der Waals surface area contributed by atoms with Gasteiger partial charge in [-0.15, -0.1) is 0 Å². The van der Waals surface area contributed by atoms with Gasteiger partial charge in [0.05, 0.1) is 17.7 Å². The summed E-state index contributed by atoms with van der Waals surface area (Å²) < 4.78 is 19.9. The first-order chi connectivity index (χ1) is 12.5. The molecule has 0 aromatic heterocycles. The molecule has 1 fully saturated rings. The SMILES string of the molecule is CC(C)(C)OC(=O)N1CCC(CO)(C(O)c2ccc(Cl)c(C#N)c2F)CC1. The molecule has 1 aromatic carbocycles. The monoisotopic (exact) mass is 398 g/mol. The highest BCUT2D eigenvalue weighted by molar-refractivity contribution is 6.31. The van der Waals surface area contributed by atoms with Crippen molar-refractivity contribution in [1.82, 2.24) is 4.90 Å². The predicted octanol–water partition coefficient (Wildman–Crippen LogP) is 3.39. The van der Waals surface area contributed by atoms with Gasteiger partial charge >= 0.3 is 6.09 Å². The smallest absolute Gasteiger partial charge is 0.410 e. The van der Waals surface area contributed by atoms with Gasteiger partial charge < -0.3 is 19.8 Å². The number of amides is 1. The second-order valence-corrected chi connectivity index (χ2v) is 8.24. The van der Waals surface area contributed by atoms with Crippen LogP contribution in [0.3, 0.4) is 0 Å². The van der Waals surface area contributed by atoms with Crippen molar-refractivity contribution in [2.45, 2.75) is 45.3 Å². The normalized spacial score (nSPS) is 17.9. The van der Waals surface area contributed by atoms with Gasteiger partial charge in [0.25, 0.3) is 0 Å². The van der Waals surface area contributed by atoms with Crippen molar-refractivity contribution in [2.75, 3.05) is 19.7 Å². The third kappa shape index (κ3) is 4.52. The number of piperidine rings is 1. The van der Waals surface area contributed by atoms with E-state index in [-0.39, 0.29) is 48.7 Å². The minimum atomic E-state index is -1.34. The highest BCUT2D eigenvalue weighted by atomic mass is 35.5. The lowest BCUT2D eigenvalue weighted by molar-refractivity contribution is -0.0644. The molecular formula is C19H24ClFN2O4. The number of aliphatic hydroxyl groups excluding tert-OH is 2. The minimum Gasteiger partial charge on any atom is -0.444 e. The maximum atomic E-state index is 14.6. The maximum absolute atomic E-state index is 14.6. The standard InChI is InChI=1S/C19H24ClFN2O4/c1-18(2,3)27-17(26)23-8-6-19(11-24,7-9-23)16(25)12-4-5-14(20)13(10-22)15(12)21/h4-5,16,24-25H,6-9,11H2,1-3H3. The van der Waals surface area contributed by atoms with Gasteiger partial charge in [0.1, 0.15) is 23.1 Å². The van der Waals surface area contributed by atoms with Crippen molar-refractivity contribution in [3.8, 4) is 6.07 Å². The summed E-state index contributed by atoms with van der Waals surface area (Å²) >= 11 is 5.82. The van der Waals surface area contributed by atoms with Crippen molar-refractivity contribution in [3.63, 3.8) is 0 Å². The van der Waals surface area contributed by atoms with Crippen LogP contribution in [0, 0.1) is 22.6 Å². The number of halogens is 2. The third-order valence-electron chi connectivity index (χ3n) is 4.83. The molecule has 1 unspecified atom stereocenters. The summed E-state index contributed by atoms with van der Waals surface area (Å²) in [7, 11) is 0. The predicted molar refractivity (Wildman–Crippen MR) is 97.6 cm³/mol. The van der Waals surface area contributed by atoms with Gasteiger partial charge in [-0.25, -0.2) is 9.18 Å². The summed E-state index contributed by atoms with van der Waals surface area (Å²) in [5, 5.41) is 29.8. The number of nitrogens with zero attached hydrogens (tertiary/aromatic N) is 2. The van der Waals surface area contributed by atoms with E-state index in [1.54, 1.807) is 26.8 Å². The van der Waals surface area contributed by atoms with Gasteiger partial charge in [0.2, 0.25) is 0 Å². The number of hydrogen-bond donors (Lipinski definition) is 2. The molecule has 1 aliphatic heterocycles. The Labute approximate surface area is 163 Å². The number of carbonyl (C=O) groups excluding carboxylic acids is 1. The average molecular weight is 399 g/mol. The number of nitriles is 1. The number of ether oxygens (including phenoxy) is 1. The summed E-state index contributed by atoms with van der Waals surface area (Å²) in [6.45, 7) is 5.44. The Hall–Kier alpha value is -1.88. The molecule has 8 heteroatoms. The highest BCUT2D eigenvalue weighted by Crippen LogP contribution is 2.44. The van der Waals surface area contributed by atoms with E-state index in [1.165, 1.54) is 17.0 Å². The number of carbonyl (C=O) groups is 1. The van der Waals surface area contributed by atoms with E-state index in [9.17, 15) is 19.4 Å². The molecular weight excluding hydrogens is 375 g/mol. The van der Waals surface area contributed by atoms with Crippen molar-refractivity contribution >= 4 is 17.7 Å². The fourth-order valence-corrected chi connectivity index (χ4v) is 3.38. The van der Waals surface area contributed by atoms with Crippen molar-refractivity contribution in [1.29, 1.82) is 5.26 Å². The van der Waals surface area contributed by atoms with E-state index in [0.717, 1.165) is 0 Å².